The number of thioether (sulfide) groups is 1. The summed E-state index contributed by atoms with van der Waals surface area (Å²) in [6.45, 7) is 4.76. The largest absolute Gasteiger partial charge is 0.497 e. The van der Waals surface area contributed by atoms with Gasteiger partial charge < -0.3 is 4.74 Å². The topological polar surface area (TPSA) is 61.9 Å². The third kappa shape index (κ3) is 4.34. The van der Waals surface area contributed by atoms with Gasteiger partial charge in [-0.3, -0.25) is 14.0 Å². The van der Waals surface area contributed by atoms with Crippen LogP contribution >= 0.6 is 11.8 Å². The smallest absolute Gasteiger partial charge is 0.280 e. The van der Waals surface area contributed by atoms with Crippen molar-refractivity contribution in [3.8, 4) is 5.75 Å². The number of nitrogens with zero attached hydrogens (tertiary/aromatic N) is 4. The van der Waals surface area contributed by atoms with Gasteiger partial charge in [0, 0.05) is 12.3 Å². The fourth-order valence-corrected chi connectivity index (χ4v) is 4.40. The van der Waals surface area contributed by atoms with Crippen LogP contribution in [0.3, 0.4) is 0 Å². The molecule has 0 unspecified atom stereocenters. The predicted molar refractivity (Wildman–Crippen MR) is 120 cm³/mol. The first-order valence-corrected chi connectivity index (χ1v) is 11.0. The first-order valence-electron chi connectivity index (χ1n) is 9.98. The summed E-state index contributed by atoms with van der Waals surface area (Å²) in [7, 11) is 1.62. The minimum Gasteiger partial charge on any atom is -0.497 e. The highest BCUT2D eigenvalue weighted by Gasteiger charge is 2.18. The first kappa shape index (κ1) is 21.1. The van der Waals surface area contributed by atoms with Crippen molar-refractivity contribution < 1.29 is 9.13 Å². The number of methoxy groups -OCH3 is 1. The summed E-state index contributed by atoms with van der Waals surface area (Å²) >= 11 is 1.45. The van der Waals surface area contributed by atoms with Gasteiger partial charge in [0.1, 0.15) is 17.1 Å². The summed E-state index contributed by atoms with van der Waals surface area (Å²) in [5, 5.41) is 5.08. The maximum atomic E-state index is 13.5. The van der Waals surface area contributed by atoms with Crippen LogP contribution in [0.25, 0.3) is 11.0 Å². The molecule has 2 heterocycles. The summed E-state index contributed by atoms with van der Waals surface area (Å²) in [5.41, 5.74) is 3.62. The summed E-state index contributed by atoms with van der Waals surface area (Å²) in [4.78, 5) is 18.3. The summed E-state index contributed by atoms with van der Waals surface area (Å²) in [6, 6.07) is 14.0. The average molecular weight is 439 g/mol. The molecule has 0 spiro atoms. The summed E-state index contributed by atoms with van der Waals surface area (Å²) in [6.07, 6.45) is 0. The monoisotopic (exact) mass is 438 g/mol. The Labute approximate surface area is 183 Å². The summed E-state index contributed by atoms with van der Waals surface area (Å²) in [5.74, 6) is 1.03. The van der Waals surface area contributed by atoms with Gasteiger partial charge >= 0.3 is 0 Å². The minimum absolute atomic E-state index is 0.128. The van der Waals surface area contributed by atoms with E-state index in [0.29, 0.717) is 35.0 Å². The van der Waals surface area contributed by atoms with E-state index in [1.807, 2.05) is 38.1 Å². The third-order valence-corrected chi connectivity index (χ3v) is 6.09. The molecule has 8 heteroatoms. The van der Waals surface area contributed by atoms with Gasteiger partial charge in [-0.15, -0.1) is 0 Å². The molecule has 0 atom stereocenters. The molecular formula is C23H23FN4O2S. The second-order valence-corrected chi connectivity index (χ2v) is 8.09. The average Bonchev–Trinajstić information content (AvgIpc) is 3.11. The SMILES string of the molecule is CCn1nc(C)c2nc(SCc3ccc(F)cc3)n(Cc3cccc(OC)c3)c(=O)c21. The highest BCUT2D eigenvalue weighted by molar-refractivity contribution is 7.98. The fourth-order valence-electron chi connectivity index (χ4n) is 3.45. The van der Waals surface area contributed by atoms with E-state index in [1.54, 1.807) is 28.5 Å². The quantitative estimate of drug-likeness (QED) is 0.316. The molecule has 0 fully saturated rings. The number of ether oxygens (including phenoxy) is 1. The van der Waals surface area contributed by atoms with Crippen molar-refractivity contribution in [2.45, 2.75) is 37.8 Å². The van der Waals surface area contributed by atoms with Gasteiger partial charge in [-0.2, -0.15) is 5.10 Å². The third-order valence-electron chi connectivity index (χ3n) is 5.04. The molecule has 0 radical (unpaired) electrons. The van der Waals surface area contributed by atoms with E-state index in [1.165, 1.54) is 23.9 Å². The molecule has 4 aromatic rings. The van der Waals surface area contributed by atoms with E-state index in [4.69, 9.17) is 9.72 Å². The molecule has 6 nitrogen and oxygen atoms in total. The predicted octanol–water partition coefficient (Wildman–Crippen LogP) is 4.41. The van der Waals surface area contributed by atoms with E-state index in [-0.39, 0.29) is 11.4 Å². The molecule has 0 N–H and O–H groups in total. The number of rotatable bonds is 7. The molecule has 160 valence electrons. The maximum absolute atomic E-state index is 13.5. The van der Waals surface area contributed by atoms with Gasteiger partial charge in [0.05, 0.1) is 19.3 Å². The van der Waals surface area contributed by atoms with Gasteiger partial charge in [-0.25, -0.2) is 9.37 Å². The van der Waals surface area contributed by atoms with Crippen LogP contribution in [0, 0.1) is 12.7 Å². The molecule has 0 saturated heterocycles. The van der Waals surface area contributed by atoms with Crippen LogP contribution < -0.4 is 10.3 Å². The molecular weight excluding hydrogens is 415 g/mol. The van der Waals surface area contributed by atoms with Crippen LogP contribution in [-0.2, 0) is 18.8 Å². The second kappa shape index (κ2) is 8.93. The molecule has 0 aliphatic rings. The van der Waals surface area contributed by atoms with Crippen molar-refractivity contribution in [3.05, 3.63) is 81.5 Å². The van der Waals surface area contributed by atoms with Crippen LogP contribution in [0.5, 0.6) is 5.75 Å². The summed E-state index contributed by atoms with van der Waals surface area (Å²) < 4.78 is 22.0. The lowest BCUT2D eigenvalue weighted by Crippen LogP contribution is -2.25. The normalized spacial score (nSPS) is 11.2. The Morgan fingerprint density at radius 3 is 2.61 bits per heavy atom. The van der Waals surface area contributed by atoms with Crippen molar-refractivity contribution in [2.24, 2.45) is 0 Å². The molecule has 2 aromatic carbocycles. The van der Waals surface area contributed by atoms with Gasteiger partial charge in [-0.1, -0.05) is 36.0 Å². The van der Waals surface area contributed by atoms with Gasteiger partial charge in [0.2, 0.25) is 0 Å². The number of benzene rings is 2. The van der Waals surface area contributed by atoms with Crippen molar-refractivity contribution >= 4 is 22.8 Å². The number of aromatic nitrogens is 4. The second-order valence-electron chi connectivity index (χ2n) is 7.15. The van der Waals surface area contributed by atoms with Crippen LogP contribution in [0.4, 0.5) is 4.39 Å². The van der Waals surface area contributed by atoms with Gasteiger partial charge in [0.15, 0.2) is 10.7 Å². The number of fused-ring (bicyclic) bond motifs is 1. The molecule has 0 amide bonds. The highest BCUT2D eigenvalue weighted by Crippen LogP contribution is 2.25. The zero-order valence-corrected chi connectivity index (χ0v) is 18.4. The lowest BCUT2D eigenvalue weighted by Gasteiger charge is -2.13. The highest BCUT2D eigenvalue weighted by atomic mass is 32.2. The van der Waals surface area contributed by atoms with E-state index < -0.39 is 0 Å². The Bertz CT molecular complexity index is 1280. The van der Waals surface area contributed by atoms with Crippen LogP contribution in [-0.4, -0.2) is 26.4 Å². The Morgan fingerprint density at radius 1 is 1.13 bits per heavy atom. The van der Waals surface area contributed by atoms with Crippen molar-refractivity contribution in [2.75, 3.05) is 7.11 Å². The Balaban J connectivity index is 1.79. The van der Waals surface area contributed by atoms with Gasteiger partial charge in [-0.05, 0) is 49.2 Å². The number of aryl methyl sites for hydroxylation is 2. The molecule has 2 aromatic heterocycles. The number of halogens is 1. The maximum Gasteiger partial charge on any atom is 0.280 e. The molecule has 0 saturated carbocycles. The number of hydrogen-bond acceptors (Lipinski definition) is 5. The van der Waals surface area contributed by atoms with Crippen LogP contribution in [0.15, 0.2) is 58.5 Å². The van der Waals surface area contributed by atoms with Crippen molar-refractivity contribution in [1.29, 1.82) is 0 Å². The van der Waals surface area contributed by atoms with E-state index in [2.05, 4.69) is 5.10 Å². The molecule has 0 aliphatic carbocycles. The van der Waals surface area contributed by atoms with E-state index in [9.17, 15) is 9.18 Å². The Morgan fingerprint density at radius 2 is 1.90 bits per heavy atom. The minimum atomic E-state index is -0.272. The fraction of sp³-hybridized carbons (Fsp3) is 0.261. The molecule has 0 bridgehead atoms. The van der Waals surface area contributed by atoms with E-state index >= 15 is 0 Å². The van der Waals surface area contributed by atoms with Crippen molar-refractivity contribution in [1.82, 2.24) is 19.3 Å². The van der Waals surface area contributed by atoms with Crippen molar-refractivity contribution in [3.63, 3.8) is 0 Å². The Hall–Kier alpha value is -3.13. The lowest BCUT2D eigenvalue weighted by molar-refractivity contribution is 0.414. The molecule has 0 aliphatic heterocycles. The van der Waals surface area contributed by atoms with Crippen LogP contribution in [0.2, 0.25) is 0 Å². The zero-order chi connectivity index (χ0) is 22.0. The standard InChI is InChI=1S/C23H23FN4O2S/c1-4-28-21-20(15(2)26-28)25-23(31-14-16-8-10-18(24)11-9-16)27(22(21)29)13-17-6-5-7-19(12-17)30-3/h5-12H,4,13-14H2,1-3H3. The first-order chi connectivity index (χ1) is 15.0. The van der Waals surface area contributed by atoms with E-state index in [0.717, 1.165) is 22.6 Å². The van der Waals surface area contributed by atoms with Crippen LogP contribution in [0.1, 0.15) is 23.7 Å². The number of hydrogen-bond donors (Lipinski definition) is 0. The Kier molecular flexibility index (Phi) is 6.08. The zero-order valence-electron chi connectivity index (χ0n) is 17.6. The lowest BCUT2D eigenvalue weighted by atomic mass is 10.2. The molecule has 4 rings (SSSR count). The van der Waals surface area contributed by atoms with Gasteiger partial charge in [0.25, 0.3) is 5.56 Å². The molecule has 31 heavy (non-hydrogen) atoms.